The van der Waals surface area contributed by atoms with Crippen molar-refractivity contribution in [2.45, 2.75) is 52.5 Å². The van der Waals surface area contributed by atoms with Gasteiger partial charge >= 0.3 is 0 Å². The van der Waals surface area contributed by atoms with E-state index in [0.717, 1.165) is 45.4 Å². The number of imidazole rings is 1. The zero-order valence-corrected chi connectivity index (χ0v) is 16.7. The number of hydrogen-bond acceptors (Lipinski definition) is 5. The SMILES string of the molecule is Cc1noc(C)c1C(=O)N1CCC2(CC1)c1nc[nH]c1CCN2CC(C)C. The van der Waals surface area contributed by atoms with Gasteiger partial charge in [-0.2, -0.15) is 0 Å². The first kappa shape index (κ1) is 18.2. The van der Waals surface area contributed by atoms with E-state index in [4.69, 9.17) is 9.51 Å². The summed E-state index contributed by atoms with van der Waals surface area (Å²) in [5.74, 6) is 1.24. The van der Waals surface area contributed by atoms with Crippen molar-refractivity contribution in [1.29, 1.82) is 0 Å². The van der Waals surface area contributed by atoms with Crippen molar-refractivity contribution in [2.75, 3.05) is 26.2 Å². The van der Waals surface area contributed by atoms with Gasteiger partial charge in [0.2, 0.25) is 0 Å². The quantitative estimate of drug-likeness (QED) is 0.897. The number of aryl methyl sites for hydroxylation is 2. The molecule has 7 nitrogen and oxygen atoms in total. The second kappa shape index (κ2) is 6.78. The van der Waals surface area contributed by atoms with E-state index in [0.29, 0.717) is 22.9 Å². The number of carbonyl (C=O) groups excluding carboxylic acids is 1. The summed E-state index contributed by atoms with van der Waals surface area (Å²) >= 11 is 0. The third-order valence-corrected chi connectivity index (χ3v) is 6.11. The van der Waals surface area contributed by atoms with Gasteiger partial charge in [0, 0.05) is 38.3 Å². The number of likely N-dealkylation sites (tertiary alicyclic amines) is 1. The van der Waals surface area contributed by atoms with Crippen LogP contribution < -0.4 is 0 Å². The standard InChI is InChI=1S/C20H29N5O2/c1-13(2)11-25-8-5-16-18(22-12-21-16)20(25)6-9-24(10-7-20)19(26)17-14(3)23-27-15(17)4/h12-13H,5-11H2,1-4H3,(H,21,22). The normalized spacial score (nSPS) is 19.7. The smallest absolute Gasteiger partial charge is 0.259 e. The molecule has 27 heavy (non-hydrogen) atoms. The molecule has 7 heteroatoms. The minimum Gasteiger partial charge on any atom is -0.361 e. The molecule has 0 bridgehead atoms. The first-order chi connectivity index (χ1) is 12.9. The summed E-state index contributed by atoms with van der Waals surface area (Å²) in [6.45, 7) is 11.7. The summed E-state index contributed by atoms with van der Waals surface area (Å²) in [5.41, 5.74) is 3.69. The molecule has 0 unspecified atom stereocenters. The molecule has 4 heterocycles. The summed E-state index contributed by atoms with van der Waals surface area (Å²) in [6, 6.07) is 0. The molecule has 2 aliphatic heterocycles. The second-order valence-corrected chi connectivity index (χ2v) is 8.34. The molecule has 146 valence electrons. The maximum Gasteiger partial charge on any atom is 0.259 e. The minimum atomic E-state index is -0.0621. The van der Waals surface area contributed by atoms with E-state index in [1.807, 2.05) is 18.2 Å². The Kier molecular flexibility index (Phi) is 4.58. The molecule has 0 aliphatic carbocycles. The van der Waals surface area contributed by atoms with E-state index in [1.165, 1.54) is 11.4 Å². The first-order valence-corrected chi connectivity index (χ1v) is 9.92. The number of aromatic amines is 1. The number of fused-ring (bicyclic) bond motifs is 2. The number of amides is 1. The van der Waals surface area contributed by atoms with E-state index < -0.39 is 0 Å². The molecule has 1 fully saturated rings. The average Bonchev–Trinajstić information content (AvgIpc) is 3.25. The molecule has 1 saturated heterocycles. The summed E-state index contributed by atoms with van der Waals surface area (Å²) in [5, 5.41) is 3.94. The third-order valence-electron chi connectivity index (χ3n) is 6.11. The Morgan fingerprint density at radius 1 is 1.30 bits per heavy atom. The number of aromatic nitrogens is 3. The van der Waals surface area contributed by atoms with Gasteiger partial charge in [0.25, 0.3) is 5.91 Å². The van der Waals surface area contributed by atoms with Crippen molar-refractivity contribution < 1.29 is 9.32 Å². The predicted octanol–water partition coefficient (Wildman–Crippen LogP) is 2.66. The molecular formula is C20H29N5O2. The van der Waals surface area contributed by atoms with E-state index in [-0.39, 0.29) is 11.4 Å². The molecule has 2 aromatic heterocycles. The molecule has 1 amide bonds. The van der Waals surface area contributed by atoms with Crippen molar-refractivity contribution in [3.05, 3.63) is 34.7 Å². The zero-order valence-electron chi connectivity index (χ0n) is 16.7. The molecule has 0 aromatic carbocycles. The van der Waals surface area contributed by atoms with E-state index in [9.17, 15) is 4.79 Å². The van der Waals surface area contributed by atoms with Gasteiger partial charge in [-0.05, 0) is 32.6 Å². The van der Waals surface area contributed by atoms with Crippen molar-refractivity contribution in [3.8, 4) is 0 Å². The summed E-state index contributed by atoms with van der Waals surface area (Å²) in [7, 11) is 0. The van der Waals surface area contributed by atoms with Crippen LogP contribution in [0, 0.1) is 19.8 Å². The fourth-order valence-electron chi connectivity index (χ4n) is 4.81. The van der Waals surface area contributed by atoms with Crippen LogP contribution in [0.3, 0.4) is 0 Å². The predicted molar refractivity (Wildman–Crippen MR) is 101 cm³/mol. The molecule has 1 N–H and O–H groups in total. The highest BCUT2D eigenvalue weighted by Gasteiger charge is 2.47. The molecule has 2 aliphatic rings. The second-order valence-electron chi connectivity index (χ2n) is 8.34. The molecular weight excluding hydrogens is 342 g/mol. The Hall–Kier alpha value is -2.15. The number of nitrogens with one attached hydrogen (secondary N) is 1. The van der Waals surface area contributed by atoms with Gasteiger partial charge < -0.3 is 14.4 Å². The molecule has 0 radical (unpaired) electrons. The number of H-pyrrole nitrogens is 1. The summed E-state index contributed by atoms with van der Waals surface area (Å²) in [4.78, 5) is 25.6. The highest BCUT2D eigenvalue weighted by Crippen LogP contribution is 2.42. The van der Waals surface area contributed by atoms with Gasteiger partial charge in [-0.25, -0.2) is 4.98 Å². The summed E-state index contributed by atoms with van der Waals surface area (Å²) in [6.07, 6.45) is 4.66. The summed E-state index contributed by atoms with van der Waals surface area (Å²) < 4.78 is 5.19. The Balaban J connectivity index is 1.58. The van der Waals surface area contributed by atoms with Crippen molar-refractivity contribution in [3.63, 3.8) is 0 Å². The number of rotatable bonds is 3. The van der Waals surface area contributed by atoms with Crippen LogP contribution in [0.4, 0.5) is 0 Å². The fraction of sp³-hybridized carbons (Fsp3) is 0.650. The largest absolute Gasteiger partial charge is 0.361 e. The van der Waals surface area contributed by atoms with Gasteiger partial charge in [-0.15, -0.1) is 0 Å². The van der Waals surface area contributed by atoms with Crippen LogP contribution in [0.1, 0.15) is 59.9 Å². The van der Waals surface area contributed by atoms with Gasteiger partial charge in [-0.3, -0.25) is 9.69 Å². The lowest BCUT2D eigenvalue weighted by Crippen LogP contribution is -2.57. The molecule has 0 saturated carbocycles. The number of nitrogens with zero attached hydrogens (tertiary/aromatic N) is 4. The lowest BCUT2D eigenvalue weighted by atomic mass is 9.78. The van der Waals surface area contributed by atoms with Crippen LogP contribution in [-0.4, -0.2) is 57.0 Å². The Morgan fingerprint density at radius 3 is 2.67 bits per heavy atom. The fourth-order valence-corrected chi connectivity index (χ4v) is 4.81. The number of hydrogen-bond donors (Lipinski definition) is 1. The zero-order chi connectivity index (χ0) is 19.2. The topological polar surface area (TPSA) is 78.3 Å². The first-order valence-electron chi connectivity index (χ1n) is 9.92. The Morgan fingerprint density at radius 2 is 2.04 bits per heavy atom. The number of carbonyl (C=O) groups is 1. The van der Waals surface area contributed by atoms with Crippen molar-refractivity contribution >= 4 is 5.91 Å². The molecule has 0 atom stereocenters. The van der Waals surface area contributed by atoms with Crippen LogP contribution >= 0.6 is 0 Å². The van der Waals surface area contributed by atoms with Gasteiger partial charge in [0.15, 0.2) is 0 Å². The highest BCUT2D eigenvalue weighted by molar-refractivity contribution is 5.96. The van der Waals surface area contributed by atoms with Gasteiger partial charge in [0.1, 0.15) is 11.3 Å². The van der Waals surface area contributed by atoms with Crippen LogP contribution in [-0.2, 0) is 12.0 Å². The van der Waals surface area contributed by atoms with Crippen LogP contribution in [0.25, 0.3) is 0 Å². The maximum atomic E-state index is 13.0. The van der Waals surface area contributed by atoms with Gasteiger partial charge in [0.05, 0.1) is 23.3 Å². The van der Waals surface area contributed by atoms with Crippen LogP contribution in [0.15, 0.2) is 10.9 Å². The van der Waals surface area contributed by atoms with Crippen molar-refractivity contribution in [2.24, 2.45) is 5.92 Å². The minimum absolute atomic E-state index is 0.0366. The van der Waals surface area contributed by atoms with E-state index in [2.05, 4.69) is 28.9 Å². The monoisotopic (exact) mass is 371 g/mol. The average molecular weight is 371 g/mol. The lowest BCUT2D eigenvalue weighted by molar-refractivity contribution is 0.000561. The van der Waals surface area contributed by atoms with E-state index in [1.54, 1.807) is 6.92 Å². The Labute approximate surface area is 160 Å². The molecule has 1 spiro atoms. The molecule has 2 aromatic rings. The van der Waals surface area contributed by atoms with Crippen LogP contribution in [0.2, 0.25) is 0 Å². The lowest BCUT2D eigenvalue weighted by Gasteiger charge is -2.51. The third kappa shape index (κ3) is 2.98. The number of piperidine rings is 1. The van der Waals surface area contributed by atoms with Crippen LogP contribution in [0.5, 0.6) is 0 Å². The Bertz CT molecular complexity index is 810. The highest BCUT2D eigenvalue weighted by atomic mass is 16.5. The maximum absolute atomic E-state index is 13.0. The van der Waals surface area contributed by atoms with E-state index >= 15 is 0 Å². The molecule has 4 rings (SSSR count). The van der Waals surface area contributed by atoms with Crippen molar-refractivity contribution in [1.82, 2.24) is 24.9 Å². The van der Waals surface area contributed by atoms with Gasteiger partial charge in [-0.1, -0.05) is 19.0 Å².